The highest BCUT2D eigenvalue weighted by atomic mass is 19.4. The molecule has 0 aliphatic carbocycles. The number of hydrogen-bond donors (Lipinski definition) is 2. The van der Waals surface area contributed by atoms with E-state index in [0.29, 0.717) is 17.7 Å². The number of alkyl halides is 3. The fraction of sp³-hybridized carbons (Fsp3) is 0.158. The van der Waals surface area contributed by atoms with Gasteiger partial charge in [-0.3, -0.25) is 0 Å². The van der Waals surface area contributed by atoms with Crippen LogP contribution in [0.3, 0.4) is 0 Å². The van der Waals surface area contributed by atoms with Gasteiger partial charge < -0.3 is 15.2 Å². The summed E-state index contributed by atoms with van der Waals surface area (Å²) in [5.74, 6) is 0.907. The maximum absolute atomic E-state index is 12.6. The van der Waals surface area contributed by atoms with Crippen molar-refractivity contribution in [3.05, 3.63) is 77.4 Å². The number of amides is 2. The number of anilines is 1. The molecule has 27 heavy (non-hydrogen) atoms. The van der Waals surface area contributed by atoms with E-state index in [0.717, 1.165) is 29.2 Å². The molecule has 2 aromatic carbocycles. The summed E-state index contributed by atoms with van der Waals surface area (Å²) < 4.78 is 39.7. The smallest absolute Gasteiger partial charge is 0.334 e. The molecule has 1 aliphatic heterocycles. The van der Waals surface area contributed by atoms with Crippen molar-refractivity contribution < 1.29 is 18.0 Å². The molecule has 0 radical (unpaired) electrons. The molecule has 138 valence electrons. The summed E-state index contributed by atoms with van der Waals surface area (Å²) in [6.45, 7) is 0.126. The van der Waals surface area contributed by atoms with Crippen molar-refractivity contribution >= 4 is 11.7 Å². The number of carbonyl (C=O) groups excluding carboxylic acids is 1. The average molecular weight is 372 g/mol. The van der Waals surface area contributed by atoms with Crippen LogP contribution in [0.4, 0.5) is 23.7 Å². The average Bonchev–Trinajstić information content (AvgIpc) is 3.22. The molecule has 0 atom stereocenters. The molecule has 0 saturated carbocycles. The van der Waals surface area contributed by atoms with Gasteiger partial charge in [0, 0.05) is 36.6 Å². The molecule has 0 spiro atoms. The summed E-state index contributed by atoms with van der Waals surface area (Å²) in [5.41, 5.74) is 2.50. The van der Waals surface area contributed by atoms with Crippen molar-refractivity contribution in [1.82, 2.24) is 14.9 Å². The maximum atomic E-state index is 12.6. The second-order valence-corrected chi connectivity index (χ2v) is 6.20. The molecule has 4 rings (SSSR count). The van der Waals surface area contributed by atoms with Crippen LogP contribution in [0.1, 0.15) is 22.5 Å². The Labute approximate surface area is 152 Å². The van der Waals surface area contributed by atoms with E-state index in [-0.39, 0.29) is 6.54 Å². The zero-order valence-electron chi connectivity index (χ0n) is 14.0. The Bertz CT molecular complexity index is 993. The molecule has 3 aromatic rings. The maximum Gasteiger partial charge on any atom is 0.416 e. The number of benzene rings is 2. The van der Waals surface area contributed by atoms with Crippen molar-refractivity contribution in [2.45, 2.75) is 19.1 Å². The molecule has 2 N–H and O–H groups in total. The highest BCUT2D eigenvalue weighted by Crippen LogP contribution is 2.32. The Balaban J connectivity index is 1.40. The van der Waals surface area contributed by atoms with Crippen LogP contribution in [0.2, 0.25) is 0 Å². The lowest BCUT2D eigenvalue weighted by molar-refractivity contribution is -0.137. The third-order valence-electron chi connectivity index (χ3n) is 4.45. The molecular weight excluding hydrogens is 357 g/mol. The summed E-state index contributed by atoms with van der Waals surface area (Å²) in [7, 11) is 0. The van der Waals surface area contributed by atoms with Gasteiger partial charge in [0.25, 0.3) is 0 Å². The quantitative estimate of drug-likeness (QED) is 0.568. The van der Waals surface area contributed by atoms with Crippen LogP contribution < -0.4 is 10.6 Å². The number of fused-ring (bicyclic) bond motifs is 3. The van der Waals surface area contributed by atoms with Crippen LogP contribution >= 0.6 is 0 Å². The number of urea groups is 1. The topological polar surface area (TPSA) is 59.0 Å². The van der Waals surface area contributed by atoms with Gasteiger partial charge in [0.1, 0.15) is 5.82 Å². The zero-order chi connectivity index (χ0) is 19.0. The minimum Gasteiger partial charge on any atom is -0.334 e. The minimum absolute atomic E-state index is 0.126. The van der Waals surface area contributed by atoms with E-state index in [1.165, 1.54) is 12.1 Å². The van der Waals surface area contributed by atoms with E-state index in [1.54, 1.807) is 6.20 Å². The van der Waals surface area contributed by atoms with Crippen molar-refractivity contribution in [2.24, 2.45) is 0 Å². The molecule has 0 unspecified atom stereocenters. The van der Waals surface area contributed by atoms with Gasteiger partial charge in [-0.1, -0.05) is 18.2 Å². The van der Waals surface area contributed by atoms with Crippen molar-refractivity contribution in [1.29, 1.82) is 0 Å². The first-order valence-electron chi connectivity index (χ1n) is 8.27. The van der Waals surface area contributed by atoms with Gasteiger partial charge in [0.2, 0.25) is 0 Å². The number of halogens is 3. The minimum atomic E-state index is -4.37. The fourth-order valence-corrected chi connectivity index (χ4v) is 3.11. The van der Waals surface area contributed by atoms with E-state index in [1.807, 2.05) is 29.0 Å². The number of hydrogen-bond acceptors (Lipinski definition) is 2. The normalized spacial score (nSPS) is 12.4. The van der Waals surface area contributed by atoms with Crippen molar-refractivity contribution in [3.63, 3.8) is 0 Å². The second kappa shape index (κ2) is 6.46. The Morgan fingerprint density at radius 2 is 1.93 bits per heavy atom. The van der Waals surface area contributed by atoms with Crippen LogP contribution in [0.15, 0.2) is 54.9 Å². The Morgan fingerprint density at radius 1 is 1.15 bits per heavy atom. The molecule has 0 fully saturated rings. The van der Waals surface area contributed by atoms with Gasteiger partial charge in [0.15, 0.2) is 0 Å². The summed E-state index contributed by atoms with van der Waals surface area (Å²) in [4.78, 5) is 16.5. The highest BCUT2D eigenvalue weighted by Gasteiger charge is 2.29. The van der Waals surface area contributed by atoms with Gasteiger partial charge in [-0.15, -0.1) is 0 Å². The number of aromatic nitrogens is 2. The first-order valence-corrected chi connectivity index (χ1v) is 8.27. The predicted octanol–water partition coefficient (Wildman–Crippen LogP) is 4.12. The third kappa shape index (κ3) is 3.38. The van der Waals surface area contributed by atoms with Crippen LogP contribution in [0.25, 0.3) is 5.69 Å². The van der Waals surface area contributed by atoms with Gasteiger partial charge in [-0.05, 0) is 29.8 Å². The molecule has 1 aromatic heterocycles. The lowest BCUT2D eigenvalue weighted by atomic mass is 10.1. The zero-order valence-corrected chi connectivity index (χ0v) is 14.0. The molecular formula is C19H15F3N4O. The Morgan fingerprint density at radius 3 is 2.67 bits per heavy atom. The monoisotopic (exact) mass is 372 g/mol. The van der Waals surface area contributed by atoms with Gasteiger partial charge in [0.05, 0.1) is 11.3 Å². The standard InChI is InChI=1S/C19H15F3N4O/c20-19(21,22)13-6-4-12(5-7-13)11-24-18(27)25-15-2-1-3-16-14(15)10-17-23-8-9-26(16)17/h1-9H,10-11H2,(H2,24,25,27). The van der Waals surface area contributed by atoms with Crippen molar-refractivity contribution in [2.75, 3.05) is 5.32 Å². The van der Waals surface area contributed by atoms with E-state index >= 15 is 0 Å². The Kier molecular flexibility index (Phi) is 4.10. The summed E-state index contributed by atoms with van der Waals surface area (Å²) in [6, 6.07) is 9.89. The molecule has 0 saturated heterocycles. The molecule has 2 heterocycles. The molecule has 8 heteroatoms. The molecule has 1 aliphatic rings. The first kappa shape index (κ1) is 17.1. The number of nitrogens with zero attached hydrogens (tertiary/aromatic N) is 2. The van der Waals surface area contributed by atoms with Crippen LogP contribution in [0.5, 0.6) is 0 Å². The van der Waals surface area contributed by atoms with E-state index in [9.17, 15) is 18.0 Å². The SMILES string of the molecule is O=C(NCc1ccc(C(F)(F)F)cc1)Nc1cccc2c1Cc1nccn1-2. The van der Waals surface area contributed by atoms with Crippen LogP contribution in [-0.4, -0.2) is 15.6 Å². The molecule has 0 bridgehead atoms. The molecule has 2 amide bonds. The summed E-state index contributed by atoms with van der Waals surface area (Å²) in [5, 5.41) is 5.46. The van der Waals surface area contributed by atoms with Crippen LogP contribution in [0, 0.1) is 0 Å². The summed E-state index contributed by atoms with van der Waals surface area (Å²) >= 11 is 0. The van der Waals surface area contributed by atoms with Crippen LogP contribution in [-0.2, 0) is 19.1 Å². The molecule has 5 nitrogen and oxygen atoms in total. The number of nitrogens with one attached hydrogen (secondary N) is 2. The number of rotatable bonds is 3. The third-order valence-corrected chi connectivity index (χ3v) is 4.45. The van der Waals surface area contributed by atoms with Gasteiger partial charge in [-0.2, -0.15) is 13.2 Å². The Hall–Kier alpha value is -3.29. The van der Waals surface area contributed by atoms with Crippen molar-refractivity contribution in [3.8, 4) is 5.69 Å². The second-order valence-electron chi connectivity index (χ2n) is 6.20. The fourth-order valence-electron chi connectivity index (χ4n) is 3.11. The highest BCUT2D eigenvalue weighted by molar-refractivity contribution is 5.91. The van der Waals surface area contributed by atoms with Gasteiger partial charge >= 0.3 is 12.2 Å². The lowest BCUT2D eigenvalue weighted by Crippen LogP contribution is -2.28. The van der Waals surface area contributed by atoms with E-state index in [4.69, 9.17) is 0 Å². The van der Waals surface area contributed by atoms with E-state index in [2.05, 4.69) is 15.6 Å². The lowest BCUT2D eigenvalue weighted by Gasteiger charge is -2.12. The van der Waals surface area contributed by atoms with Gasteiger partial charge in [-0.25, -0.2) is 9.78 Å². The van der Waals surface area contributed by atoms with E-state index < -0.39 is 17.8 Å². The predicted molar refractivity (Wildman–Crippen MR) is 93.7 cm³/mol. The number of imidazole rings is 1. The first-order chi connectivity index (χ1) is 12.9. The summed E-state index contributed by atoms with van der Waals surface area (Å²) in [6.07, 6.45) is -0.146. The largest absolute Gasteiger partial charge is 0.416 e. The number of carbonyl (C=O) groups is 1.